The van der Waals surface area contributed by atoms with Crippen molar-refractivity contribution in [1.29, 1.82) is 0 Å². The van der Waals surface area contributed by atoms with Gasteiger partial charge in [-0.05, 0) is 86.1 Å². The van der Waals surface area contributed by atoms with Crippen LogP contribution >= 0.6 is 0 Å². The predicted molar refractivity (Wildman–Crippen MR) is 121 cm³/mol. The molecule has 0 atom stereocenters. The molecule has 0 bridgehead atoms. The predicted octanol–water partition coefficient (Wildman–Crippen LogP) is 4.16. The summed E-state index contributed by atoms with van der Waals surface area (Å²) in [6.45, 7) is 0.518. The first-order valence-electron chi connectivity index (χ1n) is 11.2. The van der Waals surface area contributed by atoms with Crippen LogP contribution in [0.3, 0.4) is 0 Å². The normalized spacial score (nSPS) is 18.1. The maximum absolute atomic E-state index is 13.5. The van der Waals surface area contributed by atoms with Gasteiger partial charge in [0.2, 0.25) is 0 Å². The molecule has 4 rings (SSSR count). The molecule has 1 aromatic heterocycles. The SMILES string of the molecule is O=C(O)COCC1CCC(Cn2nc(-c3ccc(F)cc3)c(-c3ccc(F)cc3)nc2=O)CC1. The molecule has 0 unspecified atom stereocenters. The molecule has 3 aromatic rings. The summed E-state index contributed by atoms with van der Waals surface area (Å²) in [6, 6.07) is 11.4. The van der Waals surface area contributed by atoms with Crippen molar-refractivity contribution in [3.8, 4) is 22.5 Å². The summed E-state index contributed by atoms with van der Waals surface area (Å²) in [5.41, 5.74) is 1.37. The van der Waals surface area contributed by atoms with Gasteiger partial charge in [0.05, 0.1) is 6.61 Å². The van der Waals surface area contributed by atoms with Crippen LogP contribution in [0.15, 0.2) is 53.3 Å². The highest BCUT2D eigenvalue weighted by atomic mass is 19.1. The van der Waals surface area contributed by atoms with Crippen LogP contribution in [0.1, 0.15) is 25.7 Å². The van der Waals surface area contributed by atoms with Crippen molar-refractivity contribution in [3.63, 3.8) is 0 Å². The number of carboxylic acids is 1. The van der Waals surface area contributed by atoms with Gasteiger partial charge in [0.15, 0.2) is 0 Å². The summed E-state index contributed by atoms with van der Waals surface area (Å²) >= 11 is 0. The number of aromatic nitrogens is 3. The Bertz CT molecular complexity index is 1190. The van der Waals surface area contributed by atoms with E-state index in [1.807, 2.05) is 0 Å². The fourth-order valence-electron chi connectivity index (χ4n) is 4.29. The molecule has 0 spiro atoms. The summed E-state index contributed by atoms with van der Waals surface area (Å²) < 4.78 is 33.5. The molecule has 0 radical (unpaired) electrons. The van der Waals surface area contributed by atoms with Crippen molar-refractivity contribution in [1.82, 2.24) is 14.8 Å². The minimum Gasteiger partial charge on any atom is -0.480 e. The molecule has 1 N–H and O–H groups in total. The van der Waals surface area contributed by atoms with Gasteiger partial charge < -0.3 is 9.84 Å². The van der Waals surface area contributed by atoms with Crippen molar-refractivity contribution in [3.05, 3.63) is 70.6 Å². The first kappa shape index (κ1) is 23.7. The van der Waals surface area contributed by atoms with Gasteiger partial charge in [0.25, 0.3) is 0 Å². The lowest BCUT2D eigenvalue weighted by molar-refractivity contribution is -0.142. The third-order valence-corrected chi connectivity index (χ3v) is 6.09. The van der Waals surface area contributed by atoms with Crippen LogP contribution < -0.4 is 5.69 Å². The summed E-state index contributed by atoms with van der Waals surface area (Å²) in [6.07, 6.45) is 3.48. The molecular weight excluding hydrogens is 444 g/mol. The van der Waals surface area contributed by atoms with E-state index in [0.29, 0.717) is 41.6 Å². The van der Waals surface area contributed by atoms with E-state index in [1.165, 1.54) is 41.1 Å². The first-order valence-corrected chi connectivity index (χ1v) is 11.2. The van der Waals surface area contributed by atoms with Crippen LogP contribution in [-0.4, -0.2) is 39.1 Å². The Morgan fingerprint density at radius 1 is 0.912 bits per heavy atom. The van der Waals surface area contributed by atoms with Crippen molar-refractivity contribution >= 4 is 5.97 Å². The summed E-state index contributed by atoms with van der Waals surface area (Å²) in [4.78, 5) is 27.7. The number of aliphatic carboxylic acids is 1. The molecule has 1 saturated carbocycles. The molecule has 0 amide bonds. The Hall–Kier alpha value is -3.46. The number of carboxylic acid groups (broad SMARTS) is 1. The summed E-state index contributed by atoms with van der Waals surface area (Å²) in [7, 11) is 0. The zero-order valence-corrected chi connectivity index (χ0v) is 18.5. The molecular formula is C25H25F2N3O4. The van der Waals surface area contributed by atoms with E-state index in [4.69, 9.17) is 9.84 Å². The van der Waals surface area contributed by atoms with E-state index in [2.05, 4.69) is 10.1 Å². The molecule has 1 heterocycles. The standard InChI is InChI=1S/C25H25F2N3O4/c26-20-9-5-18(6-10-20)23-24(19-7-11-21(27)12-8-19)29-30(25(33)28-23)13-16-1-3-17(4-2-16)14-34-15-22(31)32/h5-12,16-17H,1-4,13-15H2,(H,31,32). The van der Waals surface area contributed by atoms with Gasteiger partial charge in [-0.1, -0.05) is 0 Å². The molecule has 178 valence electrons. The highest BCUT2D eigenvalue weighted by Gasteiger charge is 2.24. The van der Waals surface area contributed by atoms with E-state index in [9.17, 15) is 18.4 Å². The van der Waals surface area contributed by atoms with Crippen molar-refractivity contribution in [2.45, 2.75) is 32.2 Å². The smallest absolute Gasteiger partial charge is 0.364 e. The Kier molecular flexibility index (Phi) is 7.42. The van der Waals surface area contributed by atoms with Crippen LogP contribution in [0.5, 0.6) is 0 Å². The van der Waals surface area contributed by atoms with E-state index >= 15 is 0 Å². The molecule has 7 nitrogen and oxygen atoms in total. The maximum atomic E-state index is 13.5. The van der Waals surface area contributed by atoms with Gasteiger partial charge in [-0.2, -0.15) is 10.1 Å². The maximum Gasteiger partial charge on any atom is 0.364 e. The number of hydrogen-bond acceptors (Lipinski definition) is 5. The highest BCUT2D eigenvalue weighted by Crippen LogP contribution is 2.31. The van der Waals surface area contributed by atoms with Gasteiger partial charge >= 0.3 is 11.7 Å². The lowest BCUT2D eigenvalue weighted by Crippen LogP contribution is -2.31. The average molecular weight is 469 g/mol. The third-order valence-electron chi connectivity index (χ3n) is 6.09. The molecule has 1 aliphatic carbocycles. The second-order valence-electron chi connectivity index (χ2n) is 8.58. The zero-order valence-electron chi connectivity index (χ0n) is 18.5. The Morgan fingerprint density at radius 2 is 1.44 bits per heavy atom. The number of nitrogens with zero attached hydrogens (tertiary/aromatic N) is 3. The van der Waals surface area contributed by atoms with Crippen molar-refractivity contribution < 1.29 is 23.4 Å². The van der Waals surface area contributed by atoms with Gasteiger partial charge in [-0.25, -0.2) is 23.1 Å². The van der Waals surface area contributed by atoms with E-state index in [0.717, 1.165) is 25.7 Å². The number of carbonyl (C=O) groups is 1. The van der Waals surface area contributed by atoms with Gasteiger partial charge in [0, 0.05) is 17.7 Å². The molecule has 34 heavy (non-hydrogen) atoms. The Balaban J connectivity index is 1.55. The van der Waals surface area contributed by atoms with Gasteiger partial charge in [-0.3, -0.25) is 0 Å². The first-order chi connectivity index (χ1) is 16.4. The van der Waals surface area contributed by atoms with Gasteiger partial charge in [-0.15, -0.1) is 0 Å². The van der Waals surface area contributed by atoms with Crippen LogP contribution in [0.4, 0.5) is 8.78 Å². The highest BCUT2D eigenvalue weighted by molar-refractivity contribution is 5.77. The largest absolute Gasteiger partial charge is 0.480 e. The van der Waals surface area contributed by atoms with E-state index in [1.54, 1.807) is 12.1 Å². The Labute approximate surface area is 195 Å². The minimum absolute atomic E-state index is 0.223. The van der Waals surface area contributed by atoms with Crippen LogP contribution in [-0.2, 0) is 16.1 Å². The van der Waals surface area contributed by atoms with Crippen LogP contribution in [0.2, 0.25) is 0 Å². The Morgan fingerprint density at radius 3 is 2.00 bits per heavy atom. The minimum atomic E-state index is -0.979. The monoisotopic (exact) mass is 469 g/mol. The molecule has 0 aliphatic heterocycles. The second-order valence-corrected chi connectivity index (χ2v) is 8.58. The average Bonchev–Trinajstić information content (AvgIpc) is 2.82. The molecule has 0 saturated heterocycles. The molecule has 1 fully saturated rings. The second kappa shape index (κ2) is 10.6. The number of rotatable bonds is 8. The quantitative estimate of drug-likeness (QED) is 0.533. The van der Waals surface area contributed by atoms with Crippen molar-refractivity contribution in [2.75, 3.05) is 13.2 Å². The fraction of sp³-hybridized carbons (Fsp3) is 0.360. The zero-order chi connectivity index (χ0) is 24.1. The molecule has 2 aromatic carbocycles. The van der Waals surface area contributed by atoms with E-state index < -0.39 is 23.3 Å². The van der Waals surface area contributed by atoms with E-state index in [-0.39, 0.29) is 12.5 Å². The number of hydrogen-bond donors (Lipinski definition) is 1. The number of ether oxygens (including phenoxy) is 1. The van der Waals surface area contributed by atoms with Crippen LogP contribution in [0, 0.1) is 23.5 Å². The topological polar surface area (TPSA) is 94.3 Å². The lowest BCUT2D eigenvalue weighted by atomic mass is 9.82. The van der Waals surface area contributed by atoms with Gasteiger partial charge in [0.1, 0.15) is 29.6 Å². The fourth-order valence-corrected chi connectivity index (χ4v) is 4.29. The van der Waals surface area contributed by atoms with Crippen molar-refractivity contribution in [2.24, 2.45) is 11.8 Å². The summed E-state index contributed by atoms with van der Waals surface area (Å²) in [5.74, 6) is -1.25. The molecule has 1 aliphatic rings. The number of halogens is 2. The van der Waals surface area contributed by atoms with Crippen LogP contribution in [0.25, 0.3) is 22.5 Å². The number of benzene rings is 2. The third kappa shape index (κ3) is 5.91. The molecule has 9 heteroatoms. The summed E-state index contributed by atoms with van der Waals surface area (Å²) in [5, 5.41) is 13.3. The lowest BCUT2D eigenvalue weighted by Gasteiger charge is -2.28.